The molecule has 3 rings (SSSR count). The summed E-state index contributed by atoms with van der Waals surface area (Å²) >= 11 is 11.8. The summed E-state index contributed by atoms with van der Waals surface area (Å²) in [5.74, 6) is 5.14. The lowest BCUT2D eigenvalue weighted by atomic mass is 9.86. The van der Waals surface area contributed by atoms with Crippen LogP contribution in [0.2, 0.25) is 10.0 Å². The molecule has 27 heavy (non-hydrogen) atoms. The van der Waals surface area contributed by atoms with E-state index in [1.807, 2.05) is 0 Å². The van der Waals surface area contributed by atoms with Crippen LogP contribution in [0.25, 0.3) is 0 Å². The van der Waals surface area contributed by atoms with Crippen LogP contribution in [0, 0.1) is 6.92 Å². The number of alkyl halides is 3. The van der Waals surface area contributed by atoms with Crippen molar-refractivity contribution in [2.45, 2.75) is 25.1 Å². The standard InChI is InChI=1S/C18H14Cl2F3N3O/c1-10-4-11(2-3-12(10)9-25-24)16-8-17(27-26-16,18(21,22)23)13-5-14(19)7-15(20)6-13/h2-7,9H,8,24H2,1H3/b25-9+. The summed E-state index contributed by atoms with van der Waals surface area (Å²) in [5.41, 5.74) is -0.620. The van der Waals surface area contributed by atoms with Crippen LogP contribution in [0.1, 0.15) is 28.7 Å². The minimum Gasteiger partial charge on any atom is -0.374 e. The summed E-state index contributed by atoms with van der Waals surface area (Å²) in [7, 11) is 0. The van der Waals surface area contributed by atoms with Gasteiger partial charge in [0.15, 0.2) is 0 Å². The van der Waals surface area contributed by atoms with Crippen molar-refractivity contribution >= 4 is 35.1 Å². The van der Waals surface area contributed by atoms with E-state index >= 15 is 0 Å². The summed E-state index contributed by atoms with van der Waals surface area (Å²) < 4.78 is 41.9. The van der Waals surface area contributed by atoms with Gasteiger partial charge in [-0.1, -0.05) is 40.5 Å². The third-order valence-corrected chi connectivity index (χ3v) is 4.77. The quantitative estimate of drug-likeness (QED) is 0.426. The zero-order chi connectivity index (χ0) is 19.8. The molecule has 142 valence electrons. The molecular formula is C18H14Cl2F3N3O. The predicted octanol–water partition coefficient (Wildman–Crippen LogP) is 5.18. The number of nitrogens with zero attached hydrogens (tertiary/aromatic N) is 2. The predicted molar refractivity (Wildman–Crippen MR) is 99.4 cm³/mol. The van der Waals surface area contributed by atoms with E-state index in [9.17, 15) is 13.2 Å². The molecule has 4 nitrogen and oxygen atoms in total. The highest BCUT2D eigenvalue weighted by Gasteiger charge is 2.62. The Kier molecular flexibility index (Phi) is 5.10. The van der Waals surface area contributed by atoms with Crippen molar-refractivity contribution in [3.05, 3.63) is 68.7 Å². The second kappa shape index (κ2) is 7.05. The van der Waals surface area contributed by atoms with Gasteiger partial charge in [0.05, 0.1) is 11.9 Å². The zero-order valence-electron chi connectivity index (χ0n) is 14.0. The molecule has 0 radical (unpaired) electrons. The Balaban J connectivity index is 2.01. The van der Waals surface area contributed by atoms with Gasteiger partial charge in [-0.25, -0.2) is 0 Å². The maximum Gasteiger partial charge on any atom is 0.435 e. The molecule has 2 aromatic rings. The Morgan fingerprint density at radius 2 is 1.85 bits per heavy atom. The Morgan fingerprint density at radius 1 is 1.19 bits per heavy atom. The molecular weight excluding hydrogens is 402 g/mol. The van der Waals surface area contributed by atoms with Gasteiger partial charge in [0.1, 0.15) is 0 Å². The minimum atomic E-state index is -4.73. The van der Waals surface area contributed by atoms with Crippen LogP contribution in [-0.2, 0) is 10.4 Å². The third-order valence-electron chi connectivity index (χ3n) is 4.33. The van der Waals surface area contributed by atoms with Gasteiger partial charge in [-0.15, -0.1) is 0 Å². The summed E-state index contributed by atoms with van der Waals surface area (Å²) in [6, 6.07) is 8.78. The van der Waals surface area contributed by atoms with E-state index in [0.29, 0.717) is 5.56 Å². The SMILES string of the molecule is Cc1cc(C2=NOC(c3cc(Cl)cc(Cl)c3)(C(F)(F)F)C2)ccc1/C=N/N. The highest BCUT2D eigenvalue weighted by atomic mass is 35.5. The van der Waals surface area contributed by atoms with E-state index < -0.39 is 18.2 Å². The first-order valence-electron chi connectivity index (χ1n) is 7.79. The second-order valence-corrected chi connectivity index (χ2v) is 7.01. The van der Waals surface area contributed by atoms with Gasteiger partial charge >= 0.3 is 6.18 Å². The van der Waals surface area contributed by atoms with Crippen LogP contribution < -0.4 is 5.84 Å². The fraction of sp³-hybridized carbons (Fsp3) is 0.222. The molecule has 2 aromatic carbocycles. The molecule has 0 spiro atoms. The summed E-state index contributed by atoms with van der Waals surface area (Å²) in [5, 5.41) is 7.35. The molecule has 0 saturated heterocycles. The number of hydrogen-bond acceptors (Lipinski definition) is 4. The maximum atomic E-state index is 14.0. The first kappa shape index (κ1) is 19.5. The van der Waals surface area contributed by atoms with Crippen LogP contribution in [0.15, 0.2) is 46.7 Å². The van der Waals surface area contributed by atoms with Gasteiger partial charge in [-0.2, -0.15) is 18.3 Å². The van der Waals surface area contributed by atoms with E-state index in [1.165, 1.54) is 24.4 Å². The van der Waals surface area contributed by atoms with Crippen LogP contribution >= 0.6 is 23.2 Å². The second-order valence-electron chi connectivity index (χ2n) is 6.14. The molecule has 0 aromatic heterocycles. The lowest BCUT2D eigenvalue weighted by molar-refractivity contribution is -0.275. The molecule has 2 N–H and O–H groups in total. The molecule has 0 amide bonds. The smallest absolute Gasteiger partial charge is 0.374 e. The van der Waals surface area contributed by atoms with Crippen molar-refractivity contribution in [2.24, 2.45) is 16.1 Å². The number of aryl methyl sites for hydroxylation is 1. The third kappa shape index (κ3) is 3.61. The van der Waals surface area contributed by atoms with E-state index in [4.69, 9.17) is 33.9 Å². The van der Waals surface area contributed by atoms with Crippen molar-refractivity contribution in [1.82, 2.24) is 0 Å². The molecule has 0 saturated carbocycles. The van der Waals surface area contributed by atoms with Crippen LogP contribution in [0.3, 0.4) is 0 Å². The van der Waals surface area contributed by atoms with Crippen LogP contribution in [0.4, 0.5) is 13.2 Å². The summed E-state index contributed by atoms with van der Waals surface area (Å²) in [6.45, 7) is 1.80. The Morgan fingerprint density at radius 3 is 2.41 bits per heavy atom. The lowest BCUT2D eigenvalue weighted by Crippen LogP contribution is -2.42. The molecule has 1 atom stereocenters. The topological polar surface area (TPSA) is 60.0 Å². The normalized spacial score (nSPS) is 20.0. The Bertz CT molecular complexity index is 924. The lowest BCUT2D eigenvalue weighted by Gasteiger charge is -2.29. The number of benzene rings is 2. The van der Waals surface area contributed by atoms with E-state index in [-0.39, 0.29) is 21.3 Å². The molecule has 9 heteroatoms. The highest BCUT2D eigenvalue weighted by Crippen LogP contribution is 2.49. The molecule has 0 aliphatic carbocycles. The fourth-order valence-electron chi connectivity index (χ4n) is 2.93. The number of hydrogen-bond donors (Lipinski definition) is 1. The van der Waals surface area contributed by atoms with Gasteiger partial charge in [0, 0.05) is 22.0 Å². The highest BCUT2D eigenvalue weighted by molar-refractivity contribution is 6.34. The molecule has 1 aliphatic heterocycles. The van der Waals surface area contributed by atoms with Crippen molar-refractivity contribution in [2.75, 3.05) is 0 Å². The number of nitrogens with two attached hydrogens (primary N) is 1. The van der Waals surface area contributed by atoms with E-state index in [0.717, 1.165) is 11.1 Å². The summed E-state index contributed by atoms with van der Waals surface area (Å²) in [4.78, 5) is 4.99. The zero-order valence-corrected chi connectivity index (χ0v) is 15.5. The van der Waals surface area contributed by atoms with Crippen LogP contribution in [0.5, 0.6) is 0 Å². The molecule has 0 bridgehead atoms. The van der Waals surface area contributed by atoms with Gasteiger partial charge in [0.2, 0.25) is 0 Å². The molecule has 1 unspecified atom stereocenters. The van der Waals surface area contributed by atoms with E-state index in [2.05, 4.69) is 10.3 Å². The number of rotatable bonds is 3. The molecule has 1 heterocycles. The van der Waals surface area contributed by atoms with Crippen LogP contribution in [-0.4, -0.2) is 18.1 Å². The van der Waals surface area contributed by atoms with Crippen molar-refractivity contribution in [1.29, 1.82) is 0 Å². The monoisotopic (exact) mass is 415 g/mol. The molecule has 0 fully saturated rings. The van der Waals surface area contributed by atoms with Crippen molar-refractivity contribution in [3.63, 3.8) is 0 Å². The average Bonchev–Trinajstić information content (AvgIpc) is 3.02. The first-order valence-corrected chi connectivity index (χ1v) is 8.54. The van der Waals surface area contributed by atoms with Gasteiger partial charge < -0.3 is 10.7 Å². The Labute approximate surface area is 163 Å². The maximum absolute atomic E-state index is 14.0. The van der Waals surface area contributed by atoms with Crippen molar-refractivity contribution in [3.8, 4) is 0 Å². The number of halogens is 5. The fourth-order valence-corrected chi connectivity index (χ4v) is 3.45. The first-order chi connectivity index (χ1) is 12.7. The van der Waals surface area contributed by atoms with Crippen molar-refractivity contribution < 1.29 is 18.0 Å². The number of oxime groups is 1. The number of hydrazone groups is 1. The van der Waals surface area contributed by atoms with Gasteiger partial charge in [0.25, 0.3) is 5.60 Å². The molecule has 1 aliphatic rings. The largest absolute Gasteiger partial charge is 0.435 e. The average molecular weight is 416 g/mol. The minimum absolute atomic E-state index is 0.0828. The van der Waals surface area contributed by atoms with Gasteiger partial charge in [-0.05, 0) is 47.9 Å². The van der Waals surface area contributed by atoms with Gasteiger partial charge in [-0.3, -0.25) is 0 Å². The summed E-state index contributed by atoms with van der Waals surface area (Å²) in [6.07, 6.45) is -3.77. The van der Waals surface area contributed by atoms with E-state index in [1.54, 1.807) is 25.1 Å². The Hall–Kier alpha value is -2.25.